The molecule has 2 aliphatic rings. The number of carbonyl (C=O) groups excluding carboxylic acids is 1. The summed E-state index contributed by atoms with van der Waals surface area (Å²) in [5.41, 5.74) is 2.48. The van der Waals surface area contributed by atoms with E-state index in [0.29, 0.717) is 50.3 Å². The quantitative estimate of drug-likeness (QED) is 0.620. The molecular weight excluding hydrogens is 434 g/mol. The molecule has 9 nitrogen and oxygen atoms in total. The Labute approximate surface area is 198 Å². The fourth-order valence-corrected chi connectivity index (χ4v) is 4.01. The minimum atomic E-state index is -0.162. The van der Waals surface area contributed by atoms with Crippen LogP contribution in [-0.4, -0.2) is 60.9 Å². The number of aromatic nitrogens is 2. The maximum absolute atomic E-state index is 12.9. The topological polar surface area (TPSA) is 89.1 Å². The number of amides is 2. The van der Waals surface area contributed by atoms with Crippen LogP contribution in [0.2, 0.25) is 0 Å². The van der Waals surface area contributed by atoms with Crippen LogP contribution in [0.15, 0.2) is 54.6 Å². The predicted molar refractivity (Wildman–Crippen MR) is 128 cm³/mol. The van der Waals surface area contributed by atoms with Crippen molar-refractivity contribution in [3.63, 3.8) is 0 Å². The number of methoxy groups -OCH3 is 1. The van der Waals surface area contributed by atoms with Gasteiger partial charge in [-0.25, -0.2) is 9.78 Å². The molecule has 34 heavy (non-hydrogen) atoms. The Morgan fingerprint density at radius 3 is 2.44 bits per heavy atom. The van der Waals surface area contributed by atoms with E-state index in [1.807, 2.05) is 54.6 Å². The molecule has 0 aliphatic carbocycles. The van der Waals surface area contributed by atoms with E-state index in [1.165, 1.54) is 0 Å². The number of para-hydroxylation sites is 1. The van der Waals surface area contributed by atoms with Gasteiger partial charge in [0.05, 0.1) is 38.1 Å². The van der Waals surface area contributed by atoms with Crippen LogP contribution >= 0.6 is 0 Å². The zero-order valence-electron chi connectivity index (χ0n) is 19.1. The summed E-state index contributed by atoms with van der Waals surface area (Å²) in [5, 5.41) is 2.96. The van der Waals surface area contributed by atoms with Crippen LogP contribution in [0.4, 0.5) is 16.4 Å². The largest absolute Gasteiger partial charge is 0.497 e. The summed E-state index contributed by atoms with van der Waals surface area (Å²) < 4.78 is 17.0. The number of ether oxygens (including phenoxy) is 3. The average Bonchev–Trinajstić information content (AvgIpc) is 2.90. The SMILES string of the molecule is COc1ccc(Oc2nc(N3CCOCC3)nc3c2CN(C(=O)Nc2ccccc2)CC3)cc1. The maximum atomic E-state index is 12.9. The highest BCUT2D eigenvalue weighted by Crippen LogP contribution is 2.32. The van der Waals surface area contributed by atoms with Gasteiger partial charge in [-0.2, -0.15) is 4.98 Å². The zero-order chi connectivity index (χ0) is 23.3. The average molecular weight is 462 g/mol. The van der Waals surface area contributed by atoms with Gasteiger partial charge in [-0.3, -0.25) is 0 Å². The van der Waals surface area contributed by atoms with Crippen molar-refractivity contribution >= 4 is 17.7 Å². The van der Waals surface area contributed by atoms with Crippen LogP contribution in [-0.2, 0) is 17.7 Å². The summed E-state index contributed by atoms with van der Waals surface area (Å²) in [6.07, 6.45) is 0.621. The molecule has 0 bridgehead atoms. The molecule has 3 heterocycles. The van der Waals surface area contributed by atoms with E-state index in [-0.39, 0.29) is 6.03 Å². The van der Waals surface area contributed by atoms with Crippen LogP contribution in [0.5, 0.6) is 17.4 Å². The van der Waals surface area contributed by atoms with E-state index < -0.39 is 0 Å². The molecule has 2 amide bonds. The summed E-state index contributed by atoms with van der Waals surface area (Å²) in [5.74, 6) is 2.48. The van der Waals surface area contributed by atoms with Crippen molar-refractivity contribution < 1.29 is 19.0 Å². The van der Waals surface area contributed by atoms with E-state index in [0.717, 1.165) is 35.8 Å². The molecule has 9 heteroatoms. The number of anilines is 2. The molecule has 0 unspecified atom stereocenters. The first-order chi connectivity index (χ1) is 16.7. The van der Waals surface area contributed by atoms with Gasteiger partial charge >= 0.3 is 6.03 Å². The summed E-state index contributed by atoms with van der Waals surface area (Å²) >= 11 is 0. The van der Waals surface area contributed by atoms with Crippen molar-refractivity contribution in [1.29, 1.82) is 0 Å². The molecule has 1 fully saturated rings. The molecular formula is C25H27N5O4. The summed E-state index contributed by atoms with van der Waals surface area (Å²) in [4.78, 5) is 26.4. The van der Waals surface area contributed by atoms with Gasteiger partial charge in [0.1, 0.15) is 11.5 Å². The van der Waals surface area contributed by atoms with Crippen molar-refractivity contribution in [3.05, 3.63) is 65.9 Å². The van der Waals surface area contributed by atoms with Crippen LogP contribution in [0.1, 0.15) is 11.3 Å². The van der Waals surface area contributed by atoms with Gasteiger partial charge < -0.3 is 29.3 Å². The molecule has 2 aliphatic heterocycles. The lowest BCUT2D eigenvalue weighted by Gasteiger charge is -2.32. The van der Waals surface area contributed by atoms with Crippen molar-refractivity contribution in [3.8, 4) is 17.4 Å². The summed E-state index contributed by atoms with van der Waals surface area (Å²) in [6, 6.07) is 16.6. The lowest BCUT2D eigenvalue weighted by Crippen LogP contribution is -2.41. The highest BCUT2D eigenvalue weighted by molar-refractivity contribution is 5.89. The number of hydrogen-bond acceptors (Lipinski definition) is 7. The second-order valence-corrected chi connectivity index (χ2v) is 8.10. The number of morpholine rings is 1. The van der Waals surface area contributed by atoms with Crippen LogP contribution in [0.25, 0.3) is 0 Å². The lowest BCUT2D eigenvalue weighted by molar-refractivity contribution is 0.122. The van der Waals surface area contributed by atoms with Crippen LogP contribution in [0.3, 0.4) is 0 Å². The third-order valence-corrected chi connectivity index (χ3v) is 5.89. The lowest BCUT2D eigenvalue weighted by atomic mass is 10.1. The number of urea groups is 1. The molecule has 3 aromatic rings. The normalized spacial score (nSPS) is 15.4. The fourth-order valence-electron chi connectivity index (χ4n) is 4.01. The van der Waals surface area contributed by atoms with E-state index in [9.17, 15) is 4.79 Å². The van der Waals surface area contributed by atoms with Gasteiger partial charge in [0.2, 0.25) is 11.8 Å². The van der Waals surface area contributed by atoms with Gasteiger partial charge in [0, 0.05) is 31.7 Å². The first-order valence-corrected chi connectivity index (χ1v) is 11.3. The minimum Gasteiger partial charge on any atom is -0.497 e. The Hall–Kier alpha value is -3.85. The number of fused-ring (bicyclic) bond motifs is 1. The Morgan fingerprint density at radius 2 is 1.71 bits per heavy atom. The molecule has 0 spiro atoms. The van der Waals surface area contributed by atoms with E-state index in [1.54, 1.807) is 12.0 Å². The second kappa shape index (κ2) is 9.96. The molecule has 1 saturated heterocycles. The number of benzene rings is 2. The third-order valence-electron chi connectivity index (χ3n) is 5.89. The predicted octanol–water partition coefficient (Wildman–Crippen LogP) is 3.70. The zero-order valence-corrected chi connectivity index (χ0v) is 19.1. The van der Waals surface area contributed by atoms with E-state index in [4.69, 9.17) is 24.2 Å². The number of nitrogens with one attached hydrogen (secondary N) is 1. The monoisotopic (exact) mass is 461 g/mol. The fraction of sp³-hybridized carbons (Fsp3) is 0.320. The first kappa shape index (κ1) is 22.0. The minimum absolute atomic E-state index is 0.162. The molecule has 2 aromatic carbocycles. The number of carbonyl (C=O) groups is 1. The Balaban J connectivity index is 1.42. The second-order valence-electron chi connectivity index (χ2n) is 8.10. The molecule has 0 radical (unpaired) electrons. The van der Waals surface area contributed by atoms with Gasteiger partial charge in [0.25, 0.3) is 0 Å². The number of hydrogen-bond donors (Lipinski definition) is 1. The Bertz CT molecular complexity index is 1130. The molecule has 176 valence electrons. The number of nitrogens with zero attached hydrogens (tertiary/aromatic N) is 4. The summed E-state index contributed by atoms with van der Waals surface area (Å²) in [6.45, 7) is 3.67. The van der Waals surface area contributed by atoms with Gasteiger partial charge in [-0.05, 0) is 36.4 Å². The summed E-state index contributed by atoms with van der Waals surface area (Å²) in [7, 11) is 1.63. The van der Waals surface area contributed by atoms with Crippen LogP contribution < -0.4 is 19.7 Å². The first-order valence-electron chi connectivity index (χ1n) is 11.3. The van der Waals surface area contributed by atoms with Crippen molar-refractivity contribution in [2.75, 3.05) is 50.2 Å². The van der Waals surface area contributed by atoms with E-state index in [2.05, 4.69) is 10.2 Å². The van der Waals surface area contributed by atoms with Crippen molar-refractivity contribution in [1.82, 2.24) is 14.9 Å². The number of rotatable bonds is 5. The Morgan fingerprint density at radius 1 is 0.971 bits per heavy atom. The molecule has 5 rings (SSSR count). The van der Waals surface area contributed by atoms with Crippen LogP contribution in [0, 0.1) is 0 Å². The van der Waals surface area contributed by atoms with E-state index >= 15 is 0 Å². The molecule has 0 atom stereocenters. The molecule has 1 aromatic heterocycles. The van der Waals surface area contributed by atoms with Crippen molar-refractivity contribution in [2.24, 2.45) is 0 Å². The smallest absolute Gasteiger partial charge is 0.322 e. The maximum Gasteiger partial charge on any atom is 0.322 e. The Kier molecular flexibility index (Phi) is 6.44. The molecule has 1 N–H and O–H groups in total. The van der Waals surface area contributed by atoms with Crippen molar-refractivity contribution in [2.45, 2.75) is 13.0 Å². The van der Waals surface area contributed by atoms with Gasteiger partial charge in [0.15, 0.2) is 0 Å². The highest BCUT2D eigenvalue weighted by Gasteiger charge is 2.28. The van der Waals surface area contributed by atoms with Gasteiger partial charge in [-0.1, -0.05) is 18.2 Å². The van der Waals surface area contributed by atoms with Gasteiger partial charge in [-0.15, -0.1) is 0 Å². The third kappa shape index (κ3) is 4.89. The highest BCUT2D eigenvalue weighted by atomic mass is 16.5. The standard InChI is InChI=1S/C25H27N5O4/c1-32-19-7-9-20(10-8-19)34-23-21-17-30(25(31)26-18-5-3-2-4-6-18)12-11-22(21)27-24(28-23)29-13-15-33-16-14-29/h2-10H,11-17H2,1H3,(H,26,31). The molecule has 0 saturated carbocycles.